The van der Waals surface area contributed by atoms with Gasteiger partial charge in [0.25, 0.3) is 0 Å². The van der Waals surface area contributed by atoms with E-state index in [9.17, 15) is 4.79 Å². The number of nitrogens with zero attached hydrogens (tertiary/aromatic N) is 1. The Balaban J connectivity index is 4.24. The van der Waals surface area contributed by atoms with Crippen molar-refractivity contribution in [1.29, 1.82) is 0 Å². The van der Waals surface area contributed by atoms with Gasteiger partial charge < -0.3 is 4.74 Å². The van der Waals surface area contributed by atoms with Gasteiger partial charge in [-0.15, -0.1) is 0 Å². The molecule has 10 heavy (non-hydrogen) atoms. The lowest BCUT2D eigenvalue weighted by atomic mass is 10.1. The highest BCUT2D eigenvalue weighted by Gasteiger charge is 2.08. The van der Waals surface area contributed by atoms with Crippen LogP contribution in [0.5, 0.6) is 0 Å². The molecule has 0 saturated carbocycles. The summed E-state index contributed by atoms with van der Waals surface area (Å²) < 4.78 is 4.66. The van der Waals surface area contributed by atoms with Crippen molar-refractivity contribution in [2.45, 2.75) is 26.3 Å². The second-order valence-corrected chi connectivity index (χ2v) is 2.94. The Morgan fingerprint density at radius 3 is 2.10 bits per heavy atom. The molecular weight excluding hydrogens is 130 g/mol. The average molecular weight is 143 g/mol. The maximum Gasteiger partial charge on any atom is 0.250 e. The molecule has 3 heteroatoms. The zero-order chi connectivity index (χ0) is 8.20. The van der Waals surface area contributed by atoms with Crippen molar-refractivity contribution >= 4 is 12.2 Å². The first-order valence-corrected chi connectivity index (χ1v) is 3.08. The molecule has 3 nitrogen and oxygen atoms in total. The number of aliphatic imine (C=N–C) groups is 1. The largest absolute Gasteiger partial charge is 0.479 e. The first-order valence-electron chi connectivity index (χ1n) is 3.08. The predicted molar refractivity (Wildman–Crippen MR) is 40.3 cm³/mol. The van der Waals surface area contributed by atoms with Gasteiger partial charge in [-0.1, -0.05) is 0 Å². The Morgan fingerprint density at radius 1 is 1.50 bits per heavy atom. The fraction of sp³-hybridized carbons (Fsp3) is 0.714. The van der Waals surface area contributed by atoms with Gasteiger partial charge in [-0.3, -0.25) is 4.79 Å². The summed E-state index contributed by atoms with van der Waals surface area (Å²) in [6, 6.07) is 0. The van der Waals surface area contributed by atoms with Gasteiger partial charge in [0.05, 0.1) is 12.6 Å². The minimum atomic E-state index is -0.244. The van der Waals surface area contributed by atoms with Crippen LogP contribution in [0, 0.1) is 0 Å². The number of hydrogen-bond donors (Lipinski definition) is 0. The summed E-state index contributed by atoms with van der Waals surface area (Å²) in [6.07, 6.45) is 0.602. The van der Waals surface area contributed by atoms with Crippen LogP contribution in [-0.2, 0) is 9.53 Å². The third kappa shape index (κ3) is 4.06. The zero-order valence-electron chi connectivity index (χ0n) is 6.84. The van der Waals surface area contributed by atoms with Crippen LogP contribution in [0.2, 0.25) is 0 Å². The Labute approximate surface area is 61.1 Å². The summed E-state index contributed by atoms with van der Waals surface area (Å²) >= 11 is 0. The molecule has 58 valence electrons. The summed E-state index contributed by atoms with van der Waals surface area (Å²) in [5, 5.41) is 0. The van der Waals surface area contributed by atoms with Gasteiger partial charge in [0.15, 0.2) is 0 Å². The first-order chi connectivity index (χ1) is 4.49. The summed E-state index contributed by atoms with van der Waals surface area (Å²) in [5.41, 5.74) is -0.244. The number of rotatable bonds is 1. The summed E-state index contributed by atoms with van der Waals surface area (Å²) in [7, 11) is 1.43. The maximum absolute atomic E-state index is 10.2. The minimum Gasteiger partial charge on any atom is -0.479 e. The predicted octanol–water partition coefficient (Wildman–Crippen LogP) is 1.03. The maximum atomic E-state index is 10.2. The molecule has 0 N–H and O–H groups in total. The number of hydrogen-bond acceptors (Lipinski definition) is 3. The highest BCUT2D eigenvalue weighted by atomic mass is 16.5. The Kier molecular flexibility index (Phi) is 3.06. The van der Waals surface area contributed by atoms with Gasteiger partial charge in [0.2, 0.25) is 12.2 Å². The van der Waals surface area contributed by atoms with Crippen LogP contribution in [0.15, 0.2) is 4.99 Å². The molecule has 0 rings (SSSR count). The molecule has 0 aromatic rings. The number of aldehydes is 1. The van der Waals surface area contributed by atoms with Gasteiger partial charge in [-0.25, -0.2) is 4.99 Å². The van der Waals surface area contributed by atoms with Crippen LogP contribution < -0.4 is 0 Å². The van der Waals surface area contributed by atoms with E-state index in [1.165, 1.54) is 7.11 Å². The summed E-state index contributed by atoms with van der Waals surface area (Å²) in [4.78, 5) is 14.1. The van der Waals surface area contributed by atoms with Gasteiger partial charge >= 0.3 is 0 Å². The second kappa shape index (κ2) is 3.34. The molecule has 0 amide bonds. The lowest BCUT2D eigenvalue weighted by Gasteiger charge is -2.11. The molecule has 0 bridgehead atoms. The number of carbonyl (C=O) groups excluding carboxylic acids is 1. The fourth-order valence-corrected chi connectivity index (χ4v) is 0.451. The number of ether oxygens (including phenoxy) is 1. The van der Waals surface area contributed by atoms with Crippen LogP contribution >= 0.6 is 0 Å². The molecule has 0 saturated heterocycles. The normalized spacial score (nSPS) is 13.0. The van der Waals surface area contributed by atoms with E-state index in [0.717, 1.165) is 0 Å². The van der Waals surface area contributed by atoms with Crippen molar-refractivity contribution in [2.75, 3.05) is 7.11 Å². The summed E-state index contributed by atoms with van der Waals surface area (Å²) in [6.45, 7) is 5.70. The van der Waals surface area contributed by atoms with Gasteiger partial charge in [0, 0.05) is 0 Å². The third-order valence-corrected chi connectivity index (χ3v) is 0.756. The molecule has 0 aromatic heterocycles. The van der Waals surface area contributed by atoms with Gasteiger partial charge in [-0.2, -0.15) is 0 Å². The molecule has 0 radical (unpaired) electrons. The summed E-state index contributed by atoms with van der Waals surface area (Å²) in [5.74, 6) is 0.146. The smallest absolute Gasteiger partial charge is 0.250 e. The van der Waals surface area contributed by atoms with Crippen LogP contribution in [0.4, 0.5) is 0 Å². The molecular formula is C7H13NO2. The topological polar surface area (TPSA) is 38.7 Å². The molecule has 0 heterocycles. The standard InChI is InChI=1S/C7H13NO2/c1-7(2,3)8-6(5-9)10-4/h5H,1-4H3/b8-6+. The highest BCUT2D eigenvalue weighted by molar-refractivity contribution is 6.23. The van der Waals surface area contributed by atoms with Crippen LogP contribution in [-0.4, -0.2) is 24.8 Å². The molecule has 0 aliphatic rings. The number of methoxy groups -OCH3 is 1. The molecule has 0 fully saturated rings. The first kappa shape index (κ1) is 9.14. The average Bonchev–Trinajstić information content (AvgIpc) is 1.81. The van der Waals surface area contributed by atoms with Crippen LogP contribution in [0.25, 0.3) is 0 Å². The Morgan fingerprint density at radius 2 is 2.00 bits per heavy atom. The van der Waals surface area contributed by atoms with E-state index in [4.69, 9.17) is 0 Å². The fourth-order valence-electron chi connectivity index (χ4n) is 0.451. The van der Waals surface area contributed by atoms with E-state index in [2.05, 4.69) is 9.73 Å². The molecule has 0 aliphatic heterocycles. The van der Waals surface area contributed by atoms with Crippen molar-refractivity contribution in [3.8, 4) is 0 Å². The minimum absolute atomic E-state index is 0.146. The van der Waals surface area contributed by atoms with E-state index in [0.29, 0.717) is 6.29 Å². The van der Waals surface area contributed by atoms with Gasteiger partial charge in [0.1, 0.15) is 0 Å². The van der Waals surface area contributed by atoms with Crippen molar-refractivity contribution < 1.29 is 9.53 Å². The quantitative estimate of drug-likeness (QED) is 0.312. The molecule has 0 aromatic carbocycles. The van der Waals surface area contributed by atoms with E-state index >= 15 is 0 Å². The molecule has 0 aliphatic carbocycles. The third-order valence-electron chi connectivity index (χ3n) is 0.756. The molecule has 0 atom stereocenters. The monoisotopic (exact) mass is 143 g/mol. The molecule has 0 spiro atoms. The Bertz CT molecular complexity index is 144. The highest BCUT2D eigenvalue weighted by Crippen LogP contribution is 2.05. The number of carbonyl (C=O) groups is 1. The van der Waals surface area contributed by atoms with E-state index in [1.807, 2.05) is 20.8 Å². The lowest BCUT2D eigenvalue weighted by Crippen LogP contribution is -2.15. The van der Waals surface area contributed by atoms with E-state index in [-0.39, 0.29) is 11.4 Å². The van der Waals surface area contributed by atoms with Crippen LogP contribution in [0.3, 0.4) is 0 Å². The van der Waals surface area contributed by atoms with E-state index < -0.39 is 0 Å². The second-order valence-electron chi connectivity index (χ2n) is 2.94. The van der Waals surface area contributed by atoms with Crippen LogP contribution in [0.1, 0.15) is 20.8 Å². The van der Waals surface area contributed by atoms with Crippen molar-refractivity contribution in [1.82, 2.24) is 0 Å². The SMILES string of the molecule is CO/C(C=O)=N/C(C)(C)C. The Hall–Kier alpha value is -0.860. The van der Waals surface area contributed by atoms with Crippen molar-refractivity contribution in [3.63, 3.8) is 0 Å². The van der Waals surface area contributed by atoms with E-state index in [1.54, 1.807) is 0 Å². The molecule has 0 unspecified atom stereocenters. The lowest BCUT2D eigenvalue weighted by molar-refractivity contribution is -0.103. The van der Waals surface area contributed by atoms with Gasteiger partial charge in [-0.05, 0) is 20.8 Å². The zero-order valence-corrected chi connectivity index (χ0v) is 6.84. The van der Waals surface area contributed by atoms with Crippen molar-refractivity contribution in [3.05, 3.63) is 0 Å². The van der Waals surface area contributed by atoms with Crippen molar-refractivity contribution in [2.24, 2.45) is 4.99 Å².